The van der Waals surface area contributed by atoms with Crippen molar-refractivity contribution in [3.8, 4) is 0 Å². The molecule has 2 fully saturated rings. The van der Waals surface area contributed by atoms with Crippen molar-refractivity contribution >= 4 is 55.4 Å². The highest BCUT2D eigenvalue weighted by Gasteiger charge is 2.75. The Balaban J connectivity index is 1.47. The molecule has 2 N–H and O–H groups in total. The summed E-state index contributed by atoms with van der Waals surface area (Å²) in [6, 6.07) is 40.0. The third kappa shape index (κ3) is 9.06. The smallest absolute Gasteiger partial charge is 0.255 e. The van der Waals surface area contributed by atoms with Crippen LogP contribution < -0.4 is 10.6 Å². The molecule has 64 heavy (non-hydrogen) atoms. The Hall–Kier alpha value is -4.44. The SMILES string of the molecule is CC(NC(=O)C1(C2(C(=O)NC(Cc3ccccc3)c3ccccc3)SCCN2S(=O)(=O)c2ccc(C(C)(C)C)cc2)SCCN1S(=O)(=O)c1ccc(C(C)(C)C)cc1)c1ccccc1. The van der Waals surface area contributed by atoms with Gasteiger partial charge in [-0.05, 0) is 76.3 Å². The summed E-state index contributed by atoms with van der Waals surface area (Å²) >= 11 is 1.98. The fourth-order valence-corrected chi connectivity index (χ4v) is 16.1. The molecule has 2 amide bonds. The Bertz CT molecular complexity index is 2660. The number of carbonyl (C=O) groups excluding carboxylic acids is 2. The molecule has 2 aliphatic rings. The molecule has 7 rings (SSSR count). The second kappa shape index (κ2) is 18.4. The van der Waals surface area contributed by atoms with Crippen LogP contribution in [0.3, 0.4) is 0 Å². The average Bonchev–Trinajstić information content (AvgIpc) is 3.95. The molecule has 2 heterocycles. The number of hydrogen-bond donors (Lipinski definition) is 2. The topological polar surface area (TPSA) is 133 Å². The van der Waals surface area contributed by atoms with Crippen LogP contribution in [-0.2, 0) is 46.9 Å². The lowest BCUT2D eigenvalue weighted by Crippen LogP contribution is -2.76. The molecule has 0 bridgehead atoms. The summed E-state index contributed by atoms with van der Waals surface area (Å²) in [6.07, 6.45) is 0.331. The summed E-state index contributed by atoms with van der Waals surface area (Å²) in [6.45, 7) is 13.6. The average molecular weight is 939 g/mol. The van der Waals surface area contributed by atoms with Crippen LogP contribution in [0.15, 0.2) is 149 Å². The maximum atomic E-state index is 16.2. The van der Waals surface area contributed by atoms with Gasteiger partial charge in [0.2, 0.25) is 20.0 Å². The zero-order chi connectivity index (χ0) is 46.1. The largest absolute Gasteiger partial charge is 0.347 e. The first-order valence-electron chi connectivity index (χ1n) is 21.5. The van der Waals surface area contributed by atoms with Crippen LogP contribution in [0, 0.1) is 0 Å². The molecular formula is C50H58N4O6S4. The zero-order valence-corrected chi connectivity index (χ0v) is 40.7. The van der Waals surface area contributed by atoms with Crippen molar-refractivity contribution in [3.05, 3.63) is 167 Å². The van der Waals surface area contributed by atoms with E-state index in [1.165, 1.54) is 24.3 Å². The van der Waals surface area contributed by atoms with Crippen LogP contribution >= 0.6 is 23.5 Å². The predicted molar refractivity (Wildman–Crippen MR) is 259 cm³/mol. The molecule has 0 spiro atoms. The van der Waals surface area contributed by atoms with E-state index >= 15 is 26.4 Å². The lowest BCUT2D eigenvalue weighted by molar-refractivity contribution is -0.138. The summed E-state index contributed by atoms with van der Waals surface area (Å²) in [5.41, 5.74) is 3.67. The maximum absolute atomic E-state index is 16.2. The molecule has 10 nitrogen and oxygen atoms in total. The maximum Gasteiger partial charge on any atom is 0.255 e. The third-order valence-electron chi connectivity index (χ3n) is 12.0. The van der Waals surface area contributed by atoms with Gasteiger partial charge in [-0.15, -0.1) is 23.5 Å². The molecular weight excluding hydrogens is 881 g/mol. The predicted octanol–water partition coefficient (Wildman–Crippen LogP) is 8.83. The quantitative estimate of drug-likeness (QED) is 0.120. The highest BCUT2D eigenvalue weighted by molar-refractivity contribution is 8.07. The Morgan fingerprint density at radius 2 is 0.938 bits per heavy atom. The van der Waals surface area contributed by atoms with E-state index in [9.17, 15) is 0 Å². The molecule has 0 aliphatic carbocycles. The van der Waals surface area contributed by atoms with Crippen molar-refractivity contribution in [1.29, 1.82) is 0 Å². The molecule has 4 unspecified atom stereocenters. The summed E-state index contributed by atoms with van der Waals surface area (Å²) in [5, 5.41) is 6.34. The van der Waals surface area contributed by atoms with E-state index in [0.717, 1.165) is 60.0 Å². The van der Waals surface area contributed by atoms with E-state index in [1.807, 2.05) is 133 Å². The summed E-state index contributed by atoms with van der Waals surface area (Å²) in [4.78, 5) is 27.2. The van der Waals surface area contributed by atoms with Gasteiger partial charge in [0.05, 0.1) is 21.9 Å². The molecule has 5 aromatic carbocycles. The summed E-state index contributed by atoms with van der Waals surface area (Å²) in [5.74, 6) is -1.40. The van der Waals surface area contributed by atoms with Gasteiger partial charge in [-0.1, -0.05) is 157 Å². The van der Waals surface area contributed by atoms with Crippen LogP contribution in [0.25, 0.3) is 0 Å². The van der Waals surface area contributed by atoms with Crippen LogP contribution in [0.4, 0.5) is 0 Å². The monoisotopic (exact) mass is 938 g/mol. The van der Waals surface area contributed by atoms with E-state index in [-0.39, 0.29) is 45.2 Å². The van der Waals surface area contributed by atoms with E-state index in [4.69, 9.17) is 0 Å². The molecule has 2 aliphatic heterocycles. The van der Waals surface area contributed by atoms with Gasteiger partial charge in [0.1, 0.15) is 0 Å². The third-order valence-corrected chi connectivity index (χ3v) is 19.2. The molecule has 5 aromatic rings. The van der Waals surface area contributed by atoms with Gasteiger partial charge < -0.3 is 10.6 Å². The highest BCUT2D eigenvalue weighted by Crippen LogP contribution is 2.58. The van der Waals surface area contributed by atoms with Gasteiger partial charge >= 0.3 is 0 Å². The van der Waals surface area contributed by atoms with Crippen LogP contribution in [0.2, 0.25) is 0 Å². The van der Waals surface area contributed by atoms with Crippen LogP contribution in [0.1, 0.15) is 88.4 Å². The van der Waals surface area contributed by atoms with E-state index < -0.39 is 53.7 Å². The number of benzene rings is 5. The molecule has 2 saturated heterocycles. The molecule has 338 valence electrons. The molecule has 0 radical (unpaired) electrons. The first-order valence-corrected chi connectivity index (χ1v) is 26.4. The van der Waals surface area contributed by atoms with Crippen molar-refractivity contribution in [2.75, 3.05) is 24.6 Å². The van der Waals surface area contributed by atoms with Crippen molar-refractivity contribution in [2.24, 2.45) is 0 Å². The van der Waals surface area contributed by atoms with Gasteiger partial charge in [-0.25, -0.2) is 16.8 Å². The second-order valence-electron chi connectivity index (χ2n) is 18.4. The first-order chi connectivity index (χ1) is 30.2. The lowest BCUT2D eigenvalue weighted by atomic mass is 9.87. The number of nitrogens with one attached hydrogen (secondary N) is 2. The van der Waals surface area contributed by atoms with Gasteiger partial charge in [-0.2, -0.15) is 8.61 Å². The minimum atomic E-state index is -4.62. The number of amides is 2. The van der Waals surface area contributed by atoms with Gasteiger partial charge in [0.15, 0.2) is 9.74 Å². The Morgan fingerprint density at radius 1 is 0.562 bits per heavy atom. The summed E-state index contributed by atoms with van der Waals surface area (Å²) < 4.78 is 64.1. The normalized spacial score (nSPS) is 21.0. The van der Waals surface area contributed by atoms with Crippen molar-refractivity contribution in [1.82, 2.24) is 19.2 Å². The van der Waals surface area contributed by atoms with Crippen LogP contribution in [0.5, 0.6) is 0 Å². The number of thioether (sulfide) groups is 2. The second-order valence-corrected chi connectivity index (χ2v) is 24.7. The Kier molecular flexibility index (Phi) is 13.7. The van der Waals surface area contributed by atoms with Crippen LogP contribution in [-0.4, -0.2) is 71.6 Å². The van der Waals surface area contributed by atoms with E-state index in [0.29, 0.717) is 6.42 Å². The number of sulfonamides is 2. The first kappa shape index (κ1) is 47.5. The number of rotatable bonds is 13. The summed E-state index contributed by atoms with van der Waals surface area (Å²) in [7, 11) is -9.23. The molecule has 0 saturated carbocycles. The minimum Gasteiger partial charge on any atom is -0.347 e. The Morgan fingerprint density at radius 3 is 1.34 bits per heavy atom. The van der Waals surface area contributed by atoms with Crippen molar-refractivity contribution in [2.45, 2.75) is 97.3 Å². The Labute approximate surface area is 388 Å². The molecule has 4 atom stereocenters. The minimum absolute atomic E-state index is 0.0757. The van der Waals surface area contributed by atoms with Gasteiger partial charge in [0, 0.05) is 24.6 Å². The number of nitrogens with zero attached hydrogens (tertiary/aromatic N) is 2. The molecule has 0 aromatic heterocycles. The number of hydrogen-bond acceptors (Lipinski definition) is 8. The fraction of sp³-hybridized carbons (Fsp3) is 0.360. The van der Waals surface area contributed by atoms with Gasteiger partial charge in [-0.3, -0.25) is 9.59 Å². The van der Waals surface area contributed by atoms with Crippen molar-refractivity contribution in [3.63, 3.8) is 0 Å². The van der Waals surface area contributed by atoms with E-state index in [1.54, 1.807) is 31.2 Å². The standard InChI is InChI=1S/C50H58N4O6S4/c1-36(38-19-13-9-14-20-38)51-45(55)49(53(31-33-61-49)63(57,58)42-27-23-40(24-28-42)47(2,3)4)50(46(56)52-44(39-21-15-10-16-22-39)35-37-17-11-8-12-18-37)54(32-34-62-50)64(59,60)43-29-25-41(26-30-43)48(5,6)7/h8-30,36,44H,31-35H2,1-7H3,(H,51,55)(H,52,56). The number of carbonyl (C=O) groups is 2. The fourth-order valence-electron chi connectivity index (χ4n) is 8.46. The zero-order valence-electron chi connectivity index (χ0n) is 37.4. The molecule has 14 heteroatoms. The van der Waals surface area contributed by atoms with Gasteiger partial charge in [0.25, 0.3) is 11.8 Å². The lowest BCUT2D eigenvalue weighted by Gasteiger charge is -2.50. The highest BCUT2D eigenvalue weighted by atomic mass is 32.2. The van der Waals surface area contributed by atoms with Crippen molar-refractivity contribution < 1.29 is 26.4 Å². The van der Waals surface area contributed by atoms with E-state index in [2.05, 4.69) is 10.6 Å².